The molecule has 0 rings (SSSR count). The summed E-state index contributed by atoms with van der Waals surface area (Å²) in [5, 5.41) is 6.16. The van der Waals surface area contributed by atoms with Crippen molar-refractivity contribution in [3.05, 3.63) is 0 Å². The van der Waals surface area contributed by atoms with Gasteiger partial charge in [0.2, 0.25) is 11.8 Å². The van der Waals surface area contributed by atoms with E-state index in [2.05, 4.69) is 44.0 Å². The maximum Gasteiger partial charge on any atom is 0.226 e. The van der Waals surface area contributed by atoms with Crippen LogP contribution in [-0.4, -0.2) is 53.7 Å². The SMILES string of the molecule is CC(CCNC(=O)CCC(C)(S)OCCC(C)(C)N)OCCC(C)(C)NC(=O)C(C)(C)CCC(C)(C)C. The summed E-state index contributed by atoms with van der Waals surface area (Å²) in [5.41, 5.74) is 5.14. The molecular weight excluding hydrogens is 486 g/mol. The molecule has 37 heavy (non-hydrogen) atoms. The van der Waals surface area contributed by atoms with Crippen molar-refractivity contribution < 1.29 is 19.1 Å². The summed E-state index contributed by atoms with van der Waals surface area (Å²) in [6, 6.07) is 0. The van der Waals surface area contributed by atoms with Crippen LogP contribution in [0, 0.1) is 10.8 Å². The third kappa shape index (κ3) is 19.8. The number of hydrogen-bond acceptors (Lipinski definition) is 6. The van der Waals surface area contributed by atoms with Gasteiger partial charge in [0.1, 0.15) is 4.93 Å². The first-order chi connectivity index (χ1) is 16.5. The van der Waals surface area contributed by atoms with Crippen molar-refractivity contribution in [2.24, 2.45) is 16.6 Å². The number of ether oxygens (including phenoxy) is 2. The zero-order valence-corrected chi connectivity index (χ0v) is 26.7. The van der Waals surface area contributed by atoms with E-state index >= 15 is 0 Å². The fraction of sp³-hybridized carbons (Fsp3) is 0.931. The van der Waals surface area contributed by atoms with Crippen LogP contribution in [0.25, 0.3) is 0 Å². The zero-order valence-electron chi connectivity index (χ0n) is 25.8. The monoisotopic (exact) mass is 545 g/mol. The number of hydrogen-bond donors (Lipinski definition) is 4. The average molecular weight is 546 g/mol. The van der Waals surface area contributed by atoms with Gasteiger partial charge in [-0.25, -0.2) is 0 Å². The lowest BCUT2D eigenvalue weighted by atomic mass is 9.79. The molecule has 0 spiro atoms. The second-order valence-electron chi connectivity index (χ2n) is 14.1. The topological polar surface area (TPSA) is 103 Å². The number of rotatable bonds is 18. The van der Waals surface area contributed by atoms with Gasteiger partial charge in [-0.3, -0.25) is 9.59 Å². The molecule has 0 saturated carbocycles. The van der Waals surface area contributed by atoms with E-state index < -0.39 is 10.3 Å². The second kappa shape index (κ2) is 15.1. The molecule has 0 radical (unpaired) electrons. The molecule has 0 fully saturated rings. The van der Waals surface area contributed by atoms with Gasteiger partial charge >= 0.3 is 0 Å². The third-order valence-corrected chi connectivity index (χ3v) is 6.90. The number of nitrogens with one attached hydrogen (secondary N) is 2. The molecule has 7 nitrogen and oxygen atoms in total. The Kier molecular flexibility index (Phi) is 14.7. The molecule has 2 atom stereocenters. The molecule has 0 aliphatic carbocycles. The zero-order chi connectivity index (χ0) is 29.1. The highest BCUT2D eigenvalue weighted by Crippen LogP contribution is 2.31. The fourth-order valence-electron chi connectivity index (χ4n) is 3.39. The van der Waals surface area contributed by atoms with Crippen molar-refractivity contribution in [3.8, 4) is 0 Å². The number of amides is 2. The van der Waals surface area contributed by atoms with Crippen LogP contribution in [0.4, 0.5) is 0 Å². The largest absolute Gasteiger partial charge is 0.378 e. The van der Waals surface area contributed by atoms with Gasteiger partial charge in [-0.05, 0) is 85.5 Å². The first kappa shape index (κ1) is 36.2. The molecule has 0 aromatic carbocycles. The molecule has 0 aromatic rings. The van der Waals surface area contributed by atoms with E-state index in [0.29, 0.717) is 39.0 Å². The van der Waals surface area contributed by atoms with E-state index in [-0.39, 0.29) is 34.4 Å². The van der Waals surface area contributed by atoms with E-state index in [0.717, 1.165) is 25.7 Å². The molecule has 0 heterocycles. The number of carbonyl (C=O) groups excluding carboxylic acids is 2. The number of carbonyl (C=O) groups is 2. The normalized spacial score (nSPS) is 15.7. The van der Waals surface area contributed by atoms with Gasteiger partial charge in [-0.2, -0.15) is 0 Å². The van der Waals surface area contributed by atoms with Crippen LogP contribution >= 0.6 is 12.6 Å². The van der Waals surface area contributed by atoms with Crippen LogP contribution in [0.15, 0.2) is 0 Å². The lowest BCUT2D eigenvalue weighted by Crippen LogP contribution is -2.49. The summed E-state index contributed by atoms with van der Waals surface area (Å²) >= 11 is 4.54. The molecular formula is C29H59N3O4S. The lowest BCUT2D eigenvalue weighted by molar-refractivity contribution is -0.132. The Morgan fingerprint density at radius 2 is 1.46 bits per heavy atom. The minimum absolute atomic E-state index is 0.00752. The van der Waals surface area contributed by atoms with Crippen LogP contribution in [-0.2, 0) is 19.1 Å². The molecule has 4 N–H and O–H groups in total. The minimum atomic E-state index is -0.664. The summed E-state index contributed by atoms with van der Waals surface area (Å²) in [6.45, 7) is 24.1. The summed E-state index contributed by atoms with van der Waals surface area (Å²) in [4.78, 5) is 24.5. The lowest BCUT2D eigenvalue weighted by Gasteiger charge is -2.33. The van der Waals surface area contributed by atoms with Gasteiger partial charge in [-0.1, -0.05) is 34.6 Å². The molecule has 0 aliphatic rings. The summed E-state index contributed by atoms with van der Waals surface area (Å²) < 4.78 is 11.8. The van der Waals surface area contributed by atoms with Crippen LogP contribution < -0.4 is 16.4 Å². The molecule has 220 valence electrons. The van der Waals surface area contributed by atoms with Gasteiger partial charge in [-0.15, -0.1) is 12.6 Å². The molecule has 2 amide bonds. The van der Waals surface area contributed by atoms with Gasteiger partial charge in [0.05, 0.1) is 12.7 Å². The fourth-order valence-corrected chi connectivity index (χ4v) is 3.60. The highest BCUT2D eigenvalue weighted by molar-refractivity contribution is 7.81. The molecule has 0 saturated heterocycles. The maximum atomic E-state index is 12.9. The summed E-state index contributed by atoms with van der Waals surface area (Å²) in [6.07, 6.45) is 4.89. The van der Waals surface area contributed by atoms with Crippen LogP contribution in [0.2, 0.25) is 0 Å². The summed E-state index contributed by atoms with van der Waals surface area (Å²) in [7, 11) is 0. The van der Waals surface area contributed by atoms with E-state index in [1.165, 1.54) is 0 Å². The highest BCUT2D eigenvalue weighted by atomic mass is 32.1. The Labute approximate surface area is 233 Å². The predicted molar refractivity (Wildman–Crippen MR) is 158 cm³/mol. The van der Waals surface area contributed by atoms with Crippen molar-refractivity contribution in [3.63, 3.8) is 0 Å². The Balaban J connectivity index is 4.22. The molecule has 0 aliphatic heterocycles. The number of thiol groups is 1. The van der Waals surface area contributed by atoms with Gasteiger partial charge in [0.15, 0.2) is 0 Å². The van der Waals surface area contributed by atoms with Crippen molar-refractivity contribution in [1.29, 1.82) is 0 Å². The van der Waals surface area contributed by atoms with Gasteiger partial charge < -0.3 is 25.8 Å². The Bertz CT molecular complexity index is 694. The van der Waals surface area contributed by atoms with E-state index in [1.807, 2.05) is 55.4 Å². The minimum Gasteiger partial charge on any atom is -0.378 e. The van der Waals surface area contributed by atoms with Crippen molar-refractivity contribution >= 4 is 24.4 Å². The molecule has 8 heteroatoms. The second-order valence-corrected chi connectivity index (χ2v) is 15.1. The van der Waals surface area contributed by atoms with Crippen molar-refractivity contribution in [1.82, 2.24) is 10.6 Å². The highest BCUT2D eigenvalue weighted by Gasteiger charge is 2.33. The third-order valence-electron chi connectivity index (χ3n) is 6.54. The van der Waals surface area contributed by atoms with Crippen LogP contribution in [0.3, 0.4) is 0 Å². The Hall–Kier alpha value is -0.830. The Morgan fingerprint density at radius 3 is 2.00 bits per heavy atom. The van der Waals surface area contributed by atoms with Gasteiger partial charge in [0, 0.05) is 36.1 Å². The van der Waals surface area contributed by atoms with E-state index in [4.69, 9.17) is 15.2 Å². The average Bonchev–Trinajstić information content (AvgIpc) is 2.69. The van der Waals surface area contributed by atoms with E-state index in [9.17, 15) is 9.59 Å². The van der Waals surface area contributed by atoms with Gasteiger partial charge in [0.25, 0.3) is 0 Å². The first-order valence-electron chi connectivity index (χ1n) is 13.9. The Morgan fingerprint density at radius 1 is 0.865 bits per heavy atom. The number of nitrogens with two attached hydrogens (primary N) is 1. The predicted octanol–water partition coefficient (Wildman–Crippen LogP) is 5.61. The first-order valence-corrected chi connectivity index (χ1v) is 14.3. The molecule has 0 bridgehead atoms. The van der Waals surface area contributed by atoms with Crippen LogP contribution in [0.1, 0.15) is 121 Å². The molecule has 2 unspecified atom stereocenters. The quantitative estimate of drug-likeness (QED) is 0.133. The van der Waals surface area contributed by atoms with Crippen molar-refractivity contribution in [2.75, 3.05) is 19.8 Å². The van der Waals surface area contributed by atoms with Crippen molar-refractivity contribution in [2.45, 2.75) is 143 Å². The molecule has 0 aromatic heterocycles. The van der Waals surface area contributed by atoms with E-state index in [1.54, 1.807) is 0 Å². The maximum absolute atomic E-state index is 12.9. The standard InChI is InChI=1S/C29H59N3O4S/c1-22(13-19-31-23(33)12-14-29(11,37)36-21-17-27(7,8)30)35-20-18-28(9,10)32-24(34)26(5,6)16-15-25(2,3)4/h22,37H,12-21,30H2,1-11H3,(H,31,33)(H,32,34). The summed E-state index contributed by atoms with van der Waals surface area (Å²) in [5.74, 6) is 0.0663. The van der Waals surface area contributed by atoms with Crippen LogP contribution in [0.5, 0.6) is 0 Å². The smallest absolute Gasteiger partial charge is 0.226 e.